The van der Waals surface area contributed by atoms with Crippen molar-refractivity contribution in [2.75, 3.05) is 19.6 Å². The van der Waals surface area contributed by atoms with Gasteiger partial charge in [-0.25, -0.2) is 4.98 Å². The summed E-state index contributed by atoms with van der Waals surface area (Å²) in [7, 11) is 0. The fourth-order valence-electron chi connectivity index (χ4n) is 4.02. The van der Waals surface area contributed by atoms with E-state index in [1.165, 1.54) is 17.8 Å². The Morgan fingerprint density at radius 2 is 2.30 bits per heavy atom. The summed E-state index contributed by atoms with van der Waals surface area (Å²) in [4.78, 5) is 33.8. The third kappa shape index (κ3) is 3.75. The van der Waals surface area contributed by atoms with Crippen molar-refractivity contribution in [1.29, 1.82) is 0 Å². The molecule has 7 heteroatoms. The van der Waals surface area contributed by atoms with Crippen molar-refractivity contribution in [2.45, 2.75) is 38.9 Å². The van der Waals surface area contributed by atoms with E-state index in [0.29, 0.717) is 30.3 Å². The molecule has 1 aromatic heterocycles. The van der Waals surface area contributed by atoms with Crippen molar-refractivity contribution in [3.8, 4) is 0 Å². The molecule has 1 atom stereocenters. The number of benzene rings is 1. The van der Waals surface area contributed by atoms with Gasteiger partial charge in [0.15, 0.2) is 0 Å². The van der Waals surface area contributed by atoms with Crippen LogP contribution in [0.3, 0.4) is 0 Å². The van der Waals surface area contributed by atoms with Crippen LogP contribution in [-0.4, -0.2) is 52.3 Å². The number of nitrogens with one attached hydrogen (secondary N) is 1. The van der Waals surface area contributed by atoms with Crippen LogP contribution < -0.4 is 5.32 Å². The summed E-state index contributed by atoms with van der Waals surface area (Å²) in [6.07, 6.45) is 4.08. The molecule has 27 heavy (non-hydrogen) atoms. The molecular formula is C20H24N4O2S. The summed E-state index contributed by atoms with van der Waals surface area (Å²) < 4.78 is 0. The van der Waals surface area contributed by atoms with Gasteiger partial charge >= 0.3 is 0 Å². The molecule has 2 amide bonds. The predicted molar refractivity (Wildman–Crippen MR) is 105 cm³/mol. The molecule has 6 nitrogen and oxygen atoms in total. The van der Waals surface area contributed by atoms with Gasteiger partial charge in [-0.3, -0.25) is 14.5 Å². The molecule has 1 N–H and O–H groups in total. The number of thiazole rings is 1. The van der Waals surface area contributed by atoms with Gasteiger partial charge in [0.2, 0.25) is 0 Å². The number of carbonyl (C=O) groups excluding carboxylic acids is 2. The van der Waals surface area contributed by atoms with Crippen molar-refractivity contribution in [3.05, 3.63) is 51.5 Å². The van der Waals surface area contributed by atoms with Crippen LogP contribution in [-0.2, 0) is 13.1 Å². The van der Waals surface area contributed by atoms with Gasteiger partial charge < -0.3 is 10.2 Å². The highest BCUT2D eigenvalue weighted by molar-refractivity contribution is 7.09. The largest absolute Gasteiger partial charge is 0.346 e. The van der Waals surface area contributed by atoms with Crippen LogP contribution in [0.4, 0.5) is 0 Å². The summed E-state index contributed by atoms with van der Waals surface area (Å²) in [6, 6.07) is 5.91. The fourth-order valence-corrected chi connectivity index (χ4v) is 4.58. The van der Waals surface area contributed by atoms with Gasteiger partial charge in [0.05, 0.1) is 6.54 Å². The number of amides is 2. The first-order valence-electron chi connectivity index (χ1n) is 9.48. The van der Waals surface area contributed by atoms with E-state index in [4.69, 9.17) is 0 Å². The molecule has 1 unspecified atom stereocenters. The molecule has 1 fully saturated rings. The van der Waals surface area contributed by atoms with E-state index in [2.05, 4.69) is 22.1 Å². The van der Waals surface area contributed by atoms with Crippen LogP contribution in [0, 0.1) is 0 Å². The number of likely N-dealkylation sites (tertiary alicyclic amines) is 1. The average molecular weight is 385 g/mol. The zero-order chi connectivity index (χ0) is 18.8. The minimum absolute atomic E-state index is 0.0440. The Balaban J connectivity index is 1.42. The van der Waals surface area contributed by atoms with Crippen LogP contribution in [0.1, 0.15) is 51.1 Å². The number of hydrogen-bond acceptors (Lipinski definition) is 5. The lowest BCUT2D eigenvalue weighted by Gasteiger charge is -2.27. The van der Waals surface area contributed by atoms with Crippen LogP contribution in [0.5, 0.6) is 0 Å². The standard InChI is InChI=1S/C20H24N4O2S/c1-2-23-8-3-4-16(23)13-24-12-15-6-5-14(10-17(15)20(24)26)19(25)22-11-18-21-7-9-27-18/h5-7,9-10,16H,2-4,8,11-13H2,1H3,(H,22,25). The highest BCUT2D eigenvalue weighted by atomic mass is 32.1. The van der Waals surface area contributed by atoms with E-state index >= 15 is 0 Å². The second kappa shape index (κ2) is 7.78. The number of hydrogen-bond donors (Lipinski definition) is 1. The van der Waals surface area contributed by atoms with E-state index in [1.807, 2.05) is 16.3 Å². The lowest BCUT2D eigenvalue weighted by atomic mass is 10.1. The molecule has 1 aromatic carbocycles. The monoisotopic (exact) mass is 384 g/mol. The number of carbonyl (C=O) groups is 2. The van der Waals surface area contributed by atoms with Gasteiger partial charge in [-0.05, 0) is 43.6 Å². The topological polar surface area (TPSA) is 65.5 Å². The number of rotatable bonds is 6. The van der Waals surface area contributed by atoms with E-state index in [9.17, 15) is 9.59 Å². The van der Waals surface area contributed by atoms with Gasteiger partial charge in [-0.1, -0.05) is 13.0 Å². The van der Waals surface area contributed by atoms with Gasteiger partial charge in [0.25, 0.3) is 11.8 Å². The lowest BCUT2D eigenvalue weighted by Crippen LogP contribution is -2.40. The normalized spacial score (nSPS) is 19.5. The number of aromatic nitrogens is 1. The molecule has 0 aliphatic carbocycles. The summed E-state index contributed by atoms with van der Waals surface area (Å²) in [6.45, 7) is 6.15. The summed E-state index contributed by atoms with van der Waals surface area (Å²) in [5, 5.41) is 5.62. The van der Waals surface area contributed by atoms with Crippen LogP contribution in [0.2, 0.25) is 0 Å². The number of nitrogens with zero attached hydrogens (tertiary/aromatic N) is 3. The van der Waals surface area contributed by atoms with E-state index in [-0.39, 0.29) is 11.8 Å². The molecule has 0 radical (unpaired) electrons. The van der Waals surface area contributed by atoms with E-state index < -0.39 is 0 Å². The first kappa shape index (κ1) is 18.1. The predicted octanol–water partition coefficient (Wildman–Crippen LogP) is 2.51. The first-order chi connectivity index (χ1) is 13.2. The summed E-state index contributed by atoms with van der Waals surface area (Å²) in [5.41, 5.74) is 2.20. The Kier molecular flexibility index (Phi) is 5.22. The lowest BCUT2D eigenvalue weighted by molar-refractivity contribution is 0.0731. The molecule has 2 aromatic rings. The molecule has 142 valence electrons. The molecule has 1 saturated heterocycles. The highest BCUT2D eigenvalue weighted by Gasteiger charge is 2.32. The second-order valence-electron chi connectivity index (χ2n) is 7.09. The van der Waals surface area contributed by atoms with Gasteiger partial charge in [0, 0.05) is 41.8 Å². The van der Waals surface area contributed by atoms with Crippen molar-refractivity contribution in [2.24, 2.45) is 0 Å². The van der Waals surface area contributed by atoms with Crippen LogP contribution in [0.25, 0.3) is 0 Å². The van der Waals surface area contributed by atoms with Gasteiger partial charge in [-0.2, -0.15) is 0 Å². The van der Waals surface area contributed by atoms with Crippen molar-refractivity contribution >= 4 is 23.2 Å². The number of fused-ring (bicyclic) bond motifs is 1. The second-order valence-corrected chi connectivity index (χ2v) is 8.07. The molecular weight excluding hydrogens is 360 g/mol. The maximum absolute atomic E-state index is 12.9. The molecule has 4 rings (SSSR count). The third-order valence-electron chi connectivity index (χ3n) is 5.47. The van der Waals surface area contributed by atoms with Crippen LogP contribution >= 0.6 is 11.3 Å². The van der Waals surface area contributed by atoms with Crippen molar-refractivity contribution in [3.63, 3.8) is 0 Å². The molecule has 0 saturated carbocycles. The minimum atomic E-state index is -0.174. The summed E-state index contributed by atoms with van der Waals surface area (Å²) in [5.74, 6) is -0.130. The van der Waals surface area contributed by atoms with Gasteiger partial charge in [0.1, 0.15) is 5.01 Å². The van der Waals surface area contributed by atoms with Crippen molar-refractivity contribution < 1.29 is 9.59 Å². The van der Waals surface area contributed by atoms with Crippen LogP contribution in [0.15, 0.2) is 29.8 Å². The summed E-state index contributed by atoms with van der Waals surface area (Å²) >= 11 is 1.51. The average Bonchev–Trinajstić information content (AvgIpc) is 3.41. The minimum Gasteiger partial charge on any atom is -0.346 e. The molecule has 0 bridgehead atoms. The zero-order valence-electron chi connectivity index (χ0n) is 15.5. The molecule has 2 aliphatic rings. The Morgan fingerprint density at radius 1 is 1.41 bits per heavy atom. The quantitative estimate of drug-likeness (QED) is 0.831. The zero-order valence-corrected chi connectivity index (χ0v) is 16.3. The third-order valence-corrected chi connectivity index (χ3v) is 6.25. The molecule has 3 heterocycles. The molecule has 2 aliphatic heterocycles. The first-order valence-corrected chi connectivity index (χ1v) is 10.4. The fraction of sp³-hybridized carbons (Fsp3) is 0.450. The Morgan fingerprint density at radius 3 is 3.07 bits per heavy atom. The highest BCUT2D eigenvalue weighted by Crippen LogP contribution is 2.27. The van der Waals surface area contributed by atoms with Gasteiger partial charge in [-0.15, -0.1) is 11.3 Å². The smallest absolute Gasteiger partial charge is 0.254 e. The maximum Gasteiger partial charge on any atom is 0.254 e. The Hall–Kier alpha value is -2.25. The Bertz CT molecular complexity index is 837. The molecule has 0 spiro atoms. The number of likely N-dealkylation sites (N-methyl/N-ethyl adjacent to an activating group) is 1. The van der Waals surface area contributed by atoms with E-state index in [1.54, 1.807) is 18.3 Å². The maximum atomic E-state index is 12.9. The Labute approximate surface area is 163 Å². The van der Waals surface area contributed by atoms with Crippen molar-refractivity contribution in [1.82, 2.24) is 20.1 Å². The SMILES string of the molecule is CCN1CCCC1CN1Cc2ccc(C(=O)NCc3nccs3)cc2C1=O. The van der Waals surface area contributed by atoms with E-state index in [0.717, 1.165) is 36.6 Å².